The van der Waals surface area contributed by atoms with E-state index in [1.54, 1.807) is 7.05 Å². The van der Waals surface area contributed by atoms with Crippen molar-refractivity contribution in [3.8, 4) is 0 Å². The van der Waals surface area contributed by atoms with E-state index < -0.39 is 0 Å². The van der Waals surface area contributed by atoms with Gasteiger partial charge in [0.15, 0.2) is 0 Å². The number of hydrogen-bond donors (Lipinski definition) is 2. The molecule has 0 aromatic carbocycles. The summed E-state index contributed by atoms with van der Waals surface area (Å²) in [5, 5.41) is 6.36. The van der Waals surface area contributed by atoms with E-state index in [0.717, 1.165) is 6.54 Å². The first-order chi connectivity index (χ1) is 6.33. The van der Waals surface area contributed by atoms with Gasteiger partial charge < -0.3 is 10.6 Å². The predicted octanol–water partition coefficient (Wildman–Crippen LogP) is 0.171. The molecule has 0 aliphatic carbocycles. The molecule has 1 fully saturated rings. The van der Waals surface area contributed by atoms with Crippen LogP contribution in [-0.2, 0) is 4.79 Å². The van der Waals surface area contributed by atoms with E-state index in [9.17, 15) is 4.79 Å². The first kappa shape index (κ1) is 11.2. The van der Waals surface area contributed by atoms with Crippen LogP contribution in [0.5, 0.6) is 0 Å². The fourth-order valence-corrected chi connectivity index (χ4v) is 3.72. The summed E-state index contributed by atoms with van der Waals surface area (Å²) in [5.41, 5.74) is 0. The van der Waals surface area contributed by atoms with Crippen molar-refractivity contribution in [2.24, 2.45) is 0 Å². The van der Waals surface area contributed by atoms with Crippen molar-refractivity contribution < 1.29 is 4.79 Å². The molecular formula is C8H16N2OS2. The number of likely N-dealkylation sites (N-methyl/N-ethyl adjacent to an activating group) is 1. The van der Waals surface area contributed by atoms with Gasteiger partial charge in [0.2, 0.25) is 5.91 Å². The monoisotopic (exact) mass is 220 g/mol. The second-order valence-electron chi connectivity index (χ2n) is 2.90. The van der Waals surface area contributed by atoms with E-state index >= 15 is 0 Å². The van der Waals surface area contributed by atoms with E-state index in [1.165, 1.54) is 17.3 Å². The Bertz CT molecular complexity index is 160. The van der Waals surface area contributed by atoms with Crippen LogP contribution in [0.1, 0.15) is 0 Å². The van der Waals surface area contributed by atoms with Gasteiger partial charge in [-0.05, 0) is 7.05 Å². The molecule has 13 heavy (non-hydrogen) atoms. The molecule has 0 saturated carbocycles. The second-order valence-corrected chi connectivity index (χ2v) is 5.46. The van der Waals surface area contributed by atoms with Crippen LogP contribution in [0.2, 0.25) is 0 Å². The van der Waals surface area contributed by atoms with Crippen LogP contribution in [0.3, 0.4) is 0 Å². The summed E-state index contributed by atoms with van der Waals surface area (Å²) in [6.45, 7) is 1.24. The zero-order chi connectivity index (χ0) is 9.52. The molecule has 0 aromatic heterocycles. The molecule has 0 aromatic rings. The van der Waals surface area contributed by atoms with Crippen molar-refractivity contribution in [1.82, 2.24) is 10.6 Å². The standard InChI is InChI=1S/C8H16N2OS2/c1-9-5-8(11)10-4-7-6-12-2-3-13-7/h7,9H,2-6H2,1H3,(H,10,11). The first-order valence-electron chi connectivity index (χ1n) is 4.43. The Morgan fingerprint density at radius 1 is 1.54 bits per heavy atom. The highest BCUT2D eigenvalue weighted by atomic mass is 32.2. The highest BCUT2D eigenvalue weighted by molar-refractivity contribution is 8.06. The van der Waals surface area contributed by atoms with Gasteiger partial charge in [0, 0.05) is 29.1 Å². The number of rotatable bonds is 4. The number of carbonyl (C=O) groups excluding carboxylic acids is 1. The maximum Gasteiger partial charge on any atom is 0.233 e. The van der Waals surface area contributed by atoms with Gasteiger partial charge in [-0.15, -0.1) is 0 Å². The topological polar surface area (TPSA) is 41.1 Å². The van der Waals surface area contributed by atoms with Gasteiger partial charge in [-0.1, -0.05) is 0 Å². The van der Waals surface area contributed by atoms with Crippen LogP contribution in [0.25, 0.3) is 0 Å². The van der Waals surface area contributed by atoms with Crippen LogP contribution in [0.4, 0.5) is 0 Å². The Labute approximate surface area is 87.8 Å². The third-order valence-corrected chi connectivity index (χ3v) is 4.59. The molecule has 5 heteroatoms. The van der Waals surface area contributed by atoms with E-state index in [2.05, 4.69) is 10.6 Å². The van der Waals surface area contributed by atoms with Crippen molar-refractivity contribution >= 4 is 29.4 Å². The number of hydrogen-bond acceptors (Lipinski definition) is 4. The lowest BCUT2D eigenvalue weighted by Gasteiger charge is -2.20. The maximum atomic E-state index is 11.1. The summed E-state index contributed by atoms with van der Waals surface area (Å²) in [5.74, 6) is 3.74. The molecule has 1 aliphatic rings. The molecule has 1 saturated heterocycles. The summed E-state index contributed by atoms with van der Waals surface area (Å²) in [6, 6.07) is 0. The molecule has 0 bridgehead atoms. The minimum Gasteiger partial charge on any atom is -0.354 e. The number of thioether (sulfide) groups is 2. The SMILES string of the molecule is CNCC(=O)NCC1CSCCS1. The Morgan fingerprint density at radius 2 is 2.38 bits per heavy atom. The molecule has 1 heterocycles. The molecule has 0 radical (unpaired) electrons. The zero-order valence-corrected chi connectivity index (χ0v) is 9.47. The lowest BCUT2D eigenvalue weighted by molar-refractivity contribution is -0.120. The molecule has 2 N–H and O–H groups in total. The van der Waals surface area contributed by atoms with E-state index in [0.29, 0.717) is 11.8 Å². The van der Waals surface area contributed by atoms with Crippen LogP contribution >= 0.6 is 23.5 Å². The van der Waals surface area contributed by atoms with Gasteiger partial charge in [-0.2, -0.15) is 23.5 Å². The highest BCUT2D eigenvalue weighted by Gasteiger charge is 2.14. The molecule has 1 rings (SSSR count). The van der Waals surface area contributed by atoms with Crippen LogP contribution in [0.15, 0.2) is 0 Å². The predicted molar refractivity (Wildman–Crippen MR) is 60.5 cm³/mol. The quantitative estimate of drug-likeness (QED) is 0.709. The molecular weight excluding hydrogens is 204 g/mol. The fourth-order valence-electron chi connectivity index (χ4n) is 1.11. The van der Waals surface area contributed by atoms with E-state index in [-0.39, 0.29) is 5.91 Å². The van der Waals surface area contributed by atoms with Gasteiger partial charge in [0.25, 0.3) is 0 Å². The molecule has 1 aliphatic heterocycles. The van der Waals surface area contributed by atoms with Crippen molar-refractivity contribution in [2.75, 3.05) is 37.4 Å². The summed E-state index contributed by atoms with van der Waals surface area (Å²) in [6.07, 6.45) is 0. The van der Waals surface area contributed by atoms with E-state index in [1.807, 2.05) is 23.5 Å². The summed E-state index contributed by atoms with van der Waals surface area (Å²) in [7, 11) is 1.78. The Morgan fingerprint density at radius 3 is 3.00 bits per heavy atom. The summed E-state index contributed by atoms with van der Waals surface area (Å²) >= 11 is 3.95. The van der Waals surface area contributed by atoms with Crippen molar-refractivity contribution in [2.45, 2.75) is 5.25 Å². The van der Waals surface area contributed by atoms with Crippen LogP contribution < -0.4 is 10.6 Å². The van der Waals surface area contributed by atoms with Gasteiger partial charge in [-0.25, -0.2) is 0 Å². The van der Waals surface area contributed by atoms with Gasteiger partial charge >= 0.3 is 0 Å². The molecule has 1 amide bonds. The Hall–Kier alpha value is 0.130. The Balaban J connectivity index is 2.06. The Kier molecular flexibility index (Phi) is 5.66. The molecule has 76 valence electrons. The minimum absolute atomic E-state index is 0.0960. The highest BCUT2D eigenvalue weighted by Crippen LogP contribution is 2.23. The third-order valence-electron chi connectivity index (χ3n) is 1.75. The van der Waals surface area contributed by atoms with Gasteiger partial charge in [0.1, 0.15) is 0 Å². The number of carbonyl (C=O) groups is 1. The van der Waals surface area contributed by atoms with Gasteiger partial charge in [0.05, 0.1) is 6.54 Å². The average molecular weight is 220 g/mol. The lowest BCUT2D eigenvalue weighted by atomic mass is 10.4. The third kappa shape index (κ3) is 4.78. The maximum absolute atomic E-state index is 11.1. The first-order valence-corrected chi connectivity index (χ1v) is 6.64. The smallest absolute Gasteiger partial charge is 0.233 e. The molecule has 0 spiro atoms. The van der Waals surface area contributed by atoms with E-state index in [4.69, 9.17) is 0 Å². The summed E-state index contributed by atoms with van der Waals surface area (Å²) < 4.78 is 0. The lowest BCUT2D eigenvalue weighted by Crippen LogP contribution is -2.37. The normalized spacial score (nSPS) is 22.7. The minimum atomic E-state index is 0.0960. The average Bonchev–Trinajstić information content (AvgIpc) is 2.17. The molecule has 3 nitrogen and oxygen atoms in total. The zero-order valence-electron chi connectivity index (χ0n) is 7.84. The summed E-state index contributed by atoms with van der Waals surface area (Å²) in [4.78, 5) is 11.1. The second kappa shape index (κ2) is 6.56. The fraction of sp³-hybridized carbons (Fsp3) is 0.875. The van der Waals surface area contributed by atoms with Gasteiger partial charge in [-0.3, -0.25) is 4.79 Å². The van der Waals surface area contributed by atoms with Crippen molar-refractivity contribution in [1.29, 1.82) is 0 Å². The largest absolute Gasteiger partial charge is 0.354 e. The number of nitrogens with one attached hydrogen (secondary N) is 2. The van der Waals surface area contributed by atoms with Crippen LogP contribution in [-0.4, -0.2) is 48.6 Å². The van der Waals surface area contributed by atoms with Crippen molar-refractivity contribution in [3.63, 3.8) is 0 Å². The van der Waals surface area contributed by atoms with Crippen LogP contribution in [0, 0.1) is 0 Å². The molecule has 1 atom stereocenters. The number of amides is 1. The molecule has 1 unspecified atom stereocenters. The van der Waals surface area contributed by atoms with Crippen molar-refractivity contribution in [3.05, 3.63) is 0 Å².